The third kappa shape index (κ3) is 5.17. The molecule has 0 aliphatic heterocycles. The van der Waals surface area contributed by atoms with Crippen molar-refractivity contribution in [2.75, 3.05) is 23.3 Å². The lowest BCUT2D eigenvalue weighted by Crippen LogP contribution is -2.21. The molecular formula is C27H29N3O3. The second-order valence-electron chi connectivity index (χ2n) is 8.07. The van der Waals surface area contributed by atoms with E-state index in [2.05, 4.69) is 41.2 Å². The van der Waals surface area contributed by atoms with Crippen molar-refractivity contribution in [3.8, 4) is 17.2 Å². The largest absolute Gasteiger partial charge is 0.491 e. The second kappa shape index (κ2) is 9.77. The van der Waals surface area contributed by atoms with Crippen molar-refractivity contribution >= 4 is 28.4 Å². The fourth-order valence-electron chi connectivity index (χ4n) is 3.72. The van der Waals surface area contributed by atoms with E-state index in [-0.39, 0.29) is 12.0 Å². The summed E-state index contributed by atoms with van der Waals surface area (Å²) in [6.45, 7) is 10.1. The lowest BCUT2D eigenvalue weighted by Gasteiger charge is -2.20. The Labute approximate surface area is 194 Å². The first kappa shape index (κ1) is 22.4. The Morgan fingerprint density at radius 2 is 1.79 bits per heavy atom. The van der Waals surface area contributed by atoms with E-state index < -0.39 is 0 Å². The highest BCUT2D eigenvalue weighted by molar-refractivity contribution is 6.05. The van der Waals surface area contributed by atoms with Gasteiger partial charge in [0.25, 0.3) is 5.91 Å². The molecular weight excluding hydrogens is 414 g/mol. The van der Waals surface area contributed by atoms with Crippen LogP contribution < -0.4 is 15.0 Å². The highest BCUT2D eigenvalue weighted by atomic mass is 16.5. The number of nitrogens with zero attached hydrogens (tertiary/aromatic N) is 2. The van der Waals surface area contributed by atoms with Gasteiger partial charge in [0.15, 0.2) is 5.58 Å². The third-order valence-electron chi connectivity index (χ3n) is 5.36. The van der Waals surface area contributed by atoms with E-state index in [4.69, 9.17) is 9.15 Å². The summed E-state index contributed by atoms with van der Waals surface area (Å²) in [5.74, 6) is 1.01. The van der Waals surface area contributed by atoms with Crippen LogP contribution >= 0.6 is 0 Å². The molecule has 0 radical (unpaired) electrons. The van der Waals surface area contributed by atoms with Gasteiger partial charge in [-0.1, -0.05) is 6.07 Å². The molecule has 0 saturated heterocycles. The molecule has 4 aromatic rings. The van der Waals surface area contributed by atoms with Crippen molar-refractivity contribution in [1.29, 1.82) is 0 Å². The first-order valence-electron chi connectivity index (χ1n) is 11.3. The topological polar surface area (TPSA) is 67.6 Å². The van der Waals surface area contributed by atoms with Crippen molar-refractivity contribution in [1.82, 2.24) is 4.98 Å². The van der Waals surface area contributed by atoms with Gasteiger partial charge in [-0.25, -0.2) is 4.98 Å². The normalized spacial score (nSPS) is 11.1. The highest BCUT2D eigenvalue weighted by Crippen LogP contribution is 2.28. The van der Waals surface area contributed by atoms with E-state index in [1.165, 1.54) is 5.69 Å². The number of anilines is 2. The standard InChI is InChI=1S/C27H29N3O3/c1-5-30(6-2)22-13-10-19(11-14-22)27-29-24-17-21(12-15-25(24)33-27)28-26(31)20-8-7-9-23(16-20)32-18(3)4/h7-18H,5-6H2,1-4H3,(H,28,31). The first-order valence-corrected chi connectivity index (χ1v) is 11.3. The lowest BCUT2D eigenvalue weighted by molar-refractivity contribution is 0.102. The number of fused-ring (bicyclic) bond motifs is 1. The Hall–Kier alpha value is -3.80. The van der Waals surface area contributed by atoms with Crippen molar-refractivity contribution in [3.63, 3.8) is 0 Å². The number of hydrogen-bond acceptors (Lipinski definition) is 5. The van der Waals surface area contributed by atoms with Gasteiger partial charge < -0.3 is 19.4 Å². The maximum atomic E-state index is 12.7. The predicted octanol–water partition coefficient (Wildman–Crippen LogP) is 6.38. The van der Waals surface area contributed by atoms with Crippen molar-refractivity contribution in [2.45, 2.75) is 33.8 Å². The van der Waals surface area contributed by atoms with Gasteiger partial charge in [-0.15, -0.1) is 0 Å². The second-order valence-corrected chi connectivity index (χ2v) is 8.07. The number of carbonyl (C=O) groups excluding carboxylic acids is 1. The summed E-state index contributed by atoms with van der Waals surface area (Å²) in [6.07, 6.45) is 0.0421. The number of ether oxygens (including phenoxy) is 1. The molecule has 33 heavy (non-hydrogen) atoms. The number of amides is 1. The molecule has 0 aliphatic rings. The molecule has 0 aliphatic carbocycles. The Balaban J connectivity index is 1.52. The molecule has 0 spiro atoms. The molecule has 0 saturated carbocycles. The van der Waals surface area contributed by atoms with E-state index >= 15 is 0 Å². The molecule has 1 amide bonds. The molecule has 170 valence electrons. The molecule has 1 aromatic heterocycles. The molecule has 1 heterocycles. The summed E-state index contributed by atoms with van der Waals surface area (Å²) in [4.78, 5) is 19.7. The Morgan fingerprint density at radius 1 is 1.03 bits per heavy atom. The first-order chi connectivity index (χ1) is 16.0. The fourth-order valence-corrected chi connectivity index (χ4v) is 3.72. The Kier molecular flexibility index (Phi) is 6.63. The SMILES string of the molecule is CCN(CC)c1ccc(-c2nc3cc(NC(=O)c4cccc(OC(C)C)c4)ccc3o2)cc1. The van der Waals surface area contributed by atoms with Crippen LogP contribution in [0.3, 0.4) is 0 Å². The number of aromatic nitrogens is 1. The molecule has 6 nitrogen and oxygen atoms in total. The van der Waals surface area contributed by atoms with Gasteiger partial charge in [0.05, 0.1) is 6.10 Å². The maximum Gasteiger partial charge on any atom is 0.255 e. The van der Waals surface area contributed by atoms with Crippen molar-refractivity contribution in [3.05, 3.63) is 72.3 Å². The highest BCUT2D eigenvalue weighted by Gasteiger charge is 2.12. The zero-order chi connectivity index (χ0) is 23.4. The van der Waals surface area contributed by atoms with Crippen LogP contribution in [0.25, 0.3) is 22.6 Å². The van der Waals surface area contributed by atoms with Gasteiger partial charge >= 0.3 is 0 Å². The lowest BCUT2D eigenvalue weighted by atomic mass is 10.2. The minimum Gasteiger partial charge on any atom is -0.491 e. The summed E-state index contributed by atoms with van der Waals surface area (Å²) in [6, 6.07) is 20.8. The van der Waals surface area contributed by atoms with Gasteiger partial charge in [-0.3, -0.25) is 4.79 Å². The van der Waals surface area contributed by atoms with Crippen LogP contribution in [-0.4, -0.2) is 30.1 Å². The summed E-state index contributed by atoms with van der Waals surface area (Å²) in [7, 11) is 0. The number of oxazole rings is 1. The Morgan fingerprint density at radius 3 is 2.48 bits per heavy atom. The van der Waals surface area contributed by atoms with E-state index in [0.717, 1.165) is 18.7 Å². The maximum absolute atomic E-state index is 12.7. The number of hydrogen-bond donors (Lipinski definition) is 1. The van der Waals surface area contributed by atoms with Crippen LogP contribution in [0.1, 0.15) is 38.1 Å². The van der Waals surface area contributed by atoms with E-state index in [1.807, 2.05) is 56.3 Å². The molecule has 6 heteroatoms. The summed E-state index contributed by atoms with van der Waals surface area (Å²) < 4.78 is 11.6. The van der Waals surface area contributed by atoms with Crippen LogP contribution in [0.5, 0.6) is 5.75 Å². The monoisotopic (exact) mass is 443 g/mol. The third-order valence-corrected chi connectivity index (χ3v) is 5.36. The van der Waals surface area contributed by atoms with Gasteiger partial charge in [0.1, 0.15) is 11.3 Å². The Bertz CT molecular complexity index is 1240. The quantitative estimate of drug-likeness (QED) is 0.342. The van der Waals surface area contributed by atoms with Crippen LogP contribution in [0.4, 0.5) is 11.4 Å². The molecule has 0 fully saturated rings. The van der Waals surface area contributed by atoms with Gasteiger partial charge in [0.2, 0.25) is 5.89 Å². The smallest absolute Gasteiger partial charge is 0.255 e. The van der Waals surface area contributed by atoms with E-state index in [0.29, 0.717) is 34.0 Å². The zero-order valence-corrected chi connectivity index (χ0v) is 19.5. The minimum absolute atomic E-state index is 0.0421. The van der Waals surface area contributed by atoms with Crippen molar-refractivity contribution in [2.24, 2.45) is 0 Å². The van der Waals surface area contributed by atoms with Gasteiger partial charge in [0, 0.05) is 35.6 Å². The molecule has 0 atom stereocenters. The van der Waals surface area contributed by atoms with Crippen molar-refractivity contribution < 1.29 is 13.9 Å². The summed E-state index contributed by atoms with van der Waals surface area (Å²) in [5, 5.41) is 2.93. The number of carbonyl (C=O) groups is 1. The van der Waals surface area contributed by atoms with E-state index in [9.17, 15) is 4.79 Å². The molecule has 4 rings (SSSR count). The molecule has 0 bridgehead atoms. The molecule has 3 aromatic carbocycles. The summed E-state index contributed by atoms with van der Waals surface area (Å²) >= 11 is 0. The number of benzene rings is 3. The van der Waals surface area contributed by atoms with Crippen LogP contribution in [-0.2, 0) is 0 Å². The van der Waals surface area contributed by atoms with Gasteiger partial charge in [-0.2, -0.15) is 0 Å². The van der Waals surface area contributed by atoms with Crippen LogP contribution in [0.2, 0.25) is 0 Å². The van der Waals surface area contributed by atoms with Gasteiger partial charge in [-0.05, 0) is 88.4 Å². The van der Waals surface area contributed by atoms with Crippen LogP contribution in [0, 0.1) is 0 Å². The zero-order valence-electron chi connectivity index (χ0n) is 19.5. The average Bonchev–Trinajstić information content (AvgIpc) is 3.23. The minimum atomic E-state index is -0.209. The molecule has 0 unspecified atom stereocenters. The number of rotatable bonds is 8. The fraction of sp³-hybridized carbons (Fsp3) is 0.259. The average molecular weight is 444 g/mol. The number of nitrogens with one attached hydrogen (secondary N) is 1. The summed E-state index contributed by atoms with van der Waals surface area (Å²) in [5.41, 5.74) is 4.62. The van der Waals surface area contributed by atoms with Crippen LogP contribution in [0.15, 0.2) is 71.1 Å². The van der Waals surface area contributed by atoms with E-state index in [1.54, 1.807) is 12.1 Å². The predicted molar refractivity (Wildman–Crippen MR) is 133 cm³/mol. The molecule has 1 N–H and O–H groups in total.